The molecule has 1 aliphatic heterocycles. The third-order valence-corrected chi connectivity index (χ3v) is 5.62. The van der Waals surface area contributed by atoms with Crippen LogP contribution in [0.4, 0.5) is 0 Å². The van der Waals surface area contributed by atoms with Crippen LogP contribution in [-0.4, -0.2) is 51.1 Å². The Balaban J connectivity index is 1.74. The molecule has 0 amide bonds. The lowest BCUT2D eigenvalue weighted by molar-refractivity contribution is 0.445. The summed E-state index contributed by atoms with van der Waals surface area (Å²) in [6.07, 6.45) is 0.725. The summed E-state index contributed by atoms with van der Waals surface area (Å²) in [5.41, 5.74) is 2.41. The predicted octanol–water partition coefficient (Wildman–Crippen LogP) is 0.696. The molecule has 0 saturated carbocycles. The summed E-state index contributed by atoms with van der Waals surface area (Å²) in [5.74, 6) is 0.949. The van der Waals surface area contributed by atoms with Gasteiger partial charge in [-0.1, -0.05) is 29.8 Å². The second kappa shape index (κ2) is 7.60. The number of hydrogen-bond acceptors (Lipinski definition) is 3. The standard InChI is InChI=1S/C15H24N4O2S/c1-13-4-6-14(7-5-13)12-18-15(16-2)17-8-10-19-9-3-11-22(19,20)21/h4-7H,3,8-12H2,1-2H3,(H2,16,17,18). The smallest absolute Gasteiger partial charge is 0.214 e. The molecule has 0 unspecified atom stereocenters. The zero-order chi connectivity index (χ0) is 16.0. The normalized spacial score (nSPS) is 18.4. The molecule has 1 aliphatic rings. The molecule has 1 saturated heterocycles. The fourth-order valence-electron chi connectivity index (χ4n) is 2.35. The van der Waals surface area contributed by atoms with E-state index in [1.165, 1.54) is 15.4 Å². The van der Waals surface area contributed by atoms with Crippen LogP contribution >= 0.6 is 0 Å². The lowest BCUT2D eigenvalue weighted by Gasteiger charge is -2.16. The Hall–Kier alpha value is -1.60. The molecule has 1 fully saturated rings. The fourth-order valence-corrected chi connectivity index (χ4v) is 3.88. The summed E-state index contributed by atoms with van der Waals surface area (Å²) < 4.78 is 24.9. The number of sulfonamides is 1. The Morgan fingerprint density at radius 1 is 1.27 bits per heavy atom. The SMILES string of the molecule is CN=C(NCCN1CCCS1(=O)=O)NCc1ccc(C)cc1. The second-order valence-electron chi connectivity index (χ2n) is 5.41. The third kappa shape index (κ3) is 4.71. The van der Waals surface area contributed by atoms with Gasteiger partial charge in [0.25, 0.3) is 0 Å². The first-order valence-corrected chi connectivity index (χ1v) is 9.10. The maximum Gasteiger partial charge on any atom is 0.214 e. The number of aryl methyl sites for hydroxylation is 1. The van der Waals surface area contributed by atoms with Crippen molar-refractivity contribution in [3.05, 3.63) is 35.4 Å². The van der Waals surface area contributed by atoms with E-state index in [2.05, 4.69) is 46.8 Å². The van der Waals surface area contributed by atoms with Gasteiger partial charge in [0.1, 0.15) is 0 Å². The first kappa shape index (κ1) is 16.8. The van der Waals surface area contributed by atoms with Crippen molar-refractivity contribution in [1.29, 1.82) is 0 Å². The van der Waals surface area contributed by atoms with Gasteiger partial charge in [-0.05, 0) is 18.9 Å². The number of benzene rings is 1. The molecule has 0 radical (unpaired) electrons. The van der Waals surface area contributed by atoms with Gasteiger partial charge in [-0.25, -0.2) is 12.7 Å². The molecule has 122 valence electrons. The minimum atomic E-state index is -3.02. The lowest BCUT2D eigenvalue weighted by atomic mass is 10.1. The van der Waals surface area contributed by atoms with E-state index in [0.29, 0.717) is 32.1 Å². The fraction of sp³-hybridized carbons (Fsp3) is 0.533. The predicted molar refractivity (Wildman–Crippen MR) is 89.4 cm³/mol. The third-order valence-electron chi connectivity index (χ3n) is 3.66. The van der Waals surface area contributed by atoms with Crippen molar-refractivity contribution in [3.63, 3.8) is 0 Å². The number of rotatable bonds is 5. The zero-order valence-corrected chi connectivity index (χ0v) is 14.0. The summed E-state index contributed by atoms with van der Waals surface area (Å²) >= 11 is 0. The van der Waals surface area contributed by atoms with Crippen LogP contribution in [0.2, 0.25) is 0 Å². The molecule has 0 bridgehead atoms. The van der Waals surface area contributed by atoms with Crippen LogP contribution in [0.15, 0.2) is 29.3 Å². The highest BCUT2D eigenvalue weighted by Gasteiger charge is 2.27. The summed E-state index contributed by atoms with van der Waals surface area (Å²) in [5, 5.41) is 6.37. The van der Waals surface area contributed by atoms with Crippen molar-refractivity contribution < 1.29 is 8.42 Å². The molecule has 0 atom stereocenters. The van der Waals surface area contributed by atoms with E-state index in [1.54, 1.807) is 7.05 Å². The molecule has 1 aromatic rings. The van der Waals surface area contributed by atoms with Crippen LogP contribution in [0, 0.1) is 6.92 Å². The van der Waals surface area contributed by atoms with Crippen LogP contribution in [0.1, 0.15) is 17.5 Å². The second-order valence-corrected chi connectivity index (χ2v) is 7.50. The topological polar surface area (TPSA) is 73.8 Å². The monoisotopic (exact) mass is 324 g/mol. The maximum absolute atomic E-state index is 11.7. The Morgan fingerprint density at radius 2 is 2.00 bits per heavy atom. The van der Waals surface area contributed by atoms with Crippen molar-refractivity contribution in [3.8, 4) is 0 Å². The van der Waals surface area contributed by atoms with Gasteiger partial charge in [0.05, 0.1) is 5.75 Å². The number of hydrogen-bond donors (Lipinski definition) is 2. The summed E-state index contributed by atoms with van der Waals surface area (Å²) in [7, 11) is -1.31. The number of nitrogens with zero attached hydrogens (tertiary/aromatic N) is 2. The van der Waals surface area contributed by atoms with Gasteiger partial charge >= 0.3 is 0 Å². The van der Waals surface area contributed by atoms with Crippen molar-refractivity contribution >= 4 is 16.0 Å². The van der Waals surface area contributed by atoms with E-state index < -0.39 is 10.0 Å². The molecule has 0 aromatic heterocycles. The van der Waals surface area contributed by atoms with Gasteiger partial charge in [0.15, 0.2) is 5.96 Å². The minimum Gasteiger partial charge on any atom is -0.355 e. The average molecular weight is 324 g/mol. The zero-order valence-electron chi connectivity index (χ0n) is 13.2. The van der Waals surface area contributed by atoms with Crippen LogP contribution in [0.25, 0.3) is 0 Å². The molecule has 0 aliphatic carbocycles. The van der Waals surface area contributed by atoms with Crippen LogP contribution in [0.3, 0.4) is 0 Å². The minimum absolute atomic E-state index is 0.271. The number of nitrogens with one attached hydrogen (secondary N) is 2. The van der Waals surface area contributed by atoms with Gasteiger partial charge in [0, 0.05) is 33.2 Å². The van der Waals surface area contributed by atoms with E-state index in [4.69, 9.17) is 0 Å². The van der Waals surface area contributed by atoms with Crippen molar-refractivity contribution in [2.75, 3.05) is 32.4 Å². The molecule has 1 heterocycles. The Morgan fingerprint density at radius 3 is 2.59 bits per heavy atom. The average Bonchev–Trinajstić information content (AvgIpc) is 2.83. The highest BCUT2D eigenvalue weighted by Crippen LogP contribution is 2.11. The molecule has 6 nitrogen and oxygen atoms in total. The van der Waals surface area contributed by atoms with E-state index in [-0.39, 0.29) is 5.75 Å². The highest BCUT2D eigenvalue weighted by molar-refractivity contribution is 7.89. The van der Waals surface area contributed by atoms with Crippen LogP contribution < -0.4 is 10.6 Å². The van der Waals surface area contributed by atoms with Crippen LogP contribution in [-0.2, 0) is 16.6 Å². The van der Waals surface area contributed by atoms with Gasteiger partial charge < -0.3 is 10.6 Å². The van der Waals surface area contributed by atoms with Gasteiger partial charge in [-0.15, -0.1) is 0 Å². The molecule has 7 heteroatoms. The van der Waals surface area contributed by atoms with Crippen molar-refractivity contribution in [2.45, 2.75) is 19.9 Å². The van der Waals surface area contributed by atoms with E-state index >= 15 is 0 Å². The first-order valence-electron chi connectivity index (χ1n) is 7.49. The van der Waals surface area contributed by atoms with Crippen molar-refractivity contribution in [1.82, 2.24) is 14.9 Å². The Kier molecular flexibility index (Phi) is 5.79. The quantitative estimate of drug-likeness (QED) is 0.617. The van der Waals surface area contributed by atoms with Gasteiger partial charge in [0.2, 0.25) is 10.0 Å². The molecule has 22 heavy (non-hydrogen) atoms. The first-order chi connectivity index (χ1) is 10.5. The Bertz CT molecular complexity index is 611. The molecular formula is C15H24N4O2S. The summed E-state index contributed by atoms with van der Waals surface area (Å²) in [4.78, 5) is 4.15. The number of guanidine groups is 1. The maximum atomic E-state index is 11.7. The van der Waals surface area contributed by atoms with E-state index in [1.807, 2.05) is 0 Å². The molecule has 2 N–H and O–H groups in total. The summed E-state index contributed by atoms with van der Waals surface area (Å²) in [6.45, 7) is 4.39. The largest absolute Gasteiger partial charge is 0.355 e. The number of aliphatic imine (C=N–C) groups is 1. The highest BCUT2D eigenvalue weighted by atomic mass is 32.2. The summed E-state index contributed by atoms with van der Waals surface area (Å²) in [6, 6.07) is 8.30. The Labute approximate surface area is 132 Å². The molecule has 1 aromatic carbocycles. The van der Waals surface area contributed by atoms with E-state index in [9.17, 15) is 8.42 Å². The van der Waals surface area contributed by atoms with Gasteiger partial charge in [-0.3, -0.25) is 4.99 Å². The van der Waals surface area contributed by atoms with Crippen LogP contribution in [0.5, 0.6) is 0 Å². The van der Waals surface area contributed by atoms with Crippen molar-refractivity contribution in [2.24, 2.45) is 4.99 Å². The van der Waals surface area contributed by atoms with E-state index in [0.717, 1.165) is 6.42 Å². The molecular weight excluding hydrogens is 300 g/mol. The van der Waals surface area contributed by atoms with Gasteiger partial charge in [-0.2, -0.15) is 0 Å². The molecule has 0 spiro atoms. The lowest BCUT2D eigenvalue weighted by Crippen LogP contribution is -2.41. The molecule has 2 rings (SSSR count).